The molecule has 1 atom stereocenters. The van der Waals surface area contributed by atoms with E-state index in [9.17, 15) is 0 Å². The summed E-state index contributed by atoms with van der Waals surface area (Å²) >= 11 is 0. The van der Waals surface area contributed by atoms with Crippen molar-refractivity contribution < 1.29 is 9.84 Å². The Morgan fingerprint density at radius 3 is 2.59 bits per heavy atom. The number of hydrogen-bond donors (Lipinski definition) is 3. The third kappa shape index (κ3) is 4.83. The summed E-state index contributed by atoms with van der Waals surface area (Å²) in [5.41, 5.74) is 8.06. The molecule has 0 aliphatic rings. The molecule has 0 saturated heterocycles. The lowest BCUT2D eigenvalue weighted by Crippen LogP contribution is -2.29. The van der Waals surface area contributed by atoms with Gasteiger partial charge in [-0.15, -0.1) is 0 Å². The van der Waals surface area contributed by atoms with Crippen molar-refractivity contribution in [3.8, 4) is 0 Å². The van der Waals surface area contributed by atoms with Crippen molar-refractivity contribution >= 4 is 0 Å². The highest BCUT2D eigenvalue weighted by Gasteiger charge is 2.08. The van der Waals surface area contributed by atoms with Crippen LogP contribution in [0, 0.1) is 0 Å². The zero-order chi connectivity index (χ0) is 12.5. The van der Waals surface area contributed by atoms with Crippen LogP contribution in [-0.4, -0.2) is 31.9 Å². The normalized spacial score (nSPS) is 12.6. The topological polar surface area (TPSA) is 67.5 Å². The molecule has 0 bridgehead atoms. The zero-order valence-corrected chi connectivity index (χ0v) is 10.4. The second-order valence-electron chi connectivity index (χ2n) is 3.99. The Morgan fingerprint density at radius 1 is 1.35 bits per heavy atom. The SMILES string of the molecule is COCc1ccc(C(CN)NCCCO)cc1. The first-order chi connectivity index (χ1) is 8.31. The molecule has 0 aromatic heterocycles. The summed E-state index contributed by atoms with van der Waals surface area (Å²) < 4.78 is 5.07. The quantitative estimate of drug-likeness (QED) is 0.586. The van der Waals surface area contributed by atoms with Crippen molar-refractivity contribution in [1.29, 1.82) is 0 Å². The molecule has 0 radical (unpaired) electrons. The number of nitrogens with one attached hydrogen (secondary N) is 1. The van der Waals surface area contributed by atoms with Crippen LogP contribution in [0.25, 0.3) is 0 Å². The Kier molecular flexibility index (Phi) is 6.81. The van der Waals surface area contributed by atoms with Crippen molar-refractivity contribution in [3.05, 3.63) is 35.4 Å². The van der Waals surface area contributed by atoms with E-state index in [1.165, 1.54) is 5.56 Å². The first kappa shape index (κ1) is 14.1. The van der Waals surface area contributed by atoms with Crippen LogP contribution < -0.4 is 11.1 Å². The Morgan fingerprint density at radius 2 is 2.06 bits per heavy atom. The van der Waals surface area contributed by atoms with Crippen LogP contribution in [0.3, 0.4) is 0 Å². The summed E-state index contributed by atoms with van der Waals surface area (Å²) in [6.45, 7) is 2.16. The Bertz CT molecular complexity index is 301. The number of nitrogens with two attached hydrogens (primary N) is 1. The van der Waals surface area contributed by atoms with Gasteiger partial charge >= 0.3 is 0 Å². The maximum Gasteiger partial charge on any atom is 0.0713 e. The lowest BCUT2D eigenvalue weighted by molar-refractivity contribution is 0.185. The fourth-order valence-corrected chi connectivity index (χ4v) is 1.71. The van der Waals surface area contributed by atoms with Gasteiger partial charge in [-0.1, -0.05) is 24.3 Å². The highest BCUT2D eigenvalue weighted by Crippen LogP contribution is 2.13. The Labute approximate surface area is 103 Å². The van der Waals surface area contributed by atoms with Crippen LogP contribution in [0.5, 0.6) is 0 Å². The third-order valence-corrected chi connectivity index (χ3v) is 2.65. The summed E-state index contributed by atoms with van der Waals surface area (Å²) in [5.74, 6) is 0. The maximum atomic E-state index is 8.73. The standard InChI is InChI=1S/C13H22N2O2/c1-17-10-11-3-5-12(6-4-11)13(9-14)15-7-2-8-16/h3-6,13,15-16H,2,7-10,14H2,1H3. The van der Waals surface area contributed by atoms with Crippen LogP contribution in [0.2, 0.25) is 0 Å². The number of aliphatic hydroxyl groups is 1. The van der Waals surface area contributed by atoms with E-state index in [0.29, 0.717) is 13.2 Å². The number of benzene rings is 1. The predicted molar refractivity (Wildman–Crippen MR) is 68.7 cm³/mol. The van der Waals surface area contributed by atoms with Crippen LogP contribution >= 0.6 is 0 Å². The van der Waals surface area contributed by atoms with E-state index in [-0.39, 0.29) is 12.6 Å². The molecule has 0 spiro atoms. The molecule has 17 heavy (non-hydrogen) atoms. The molecule has 0 fully saturated rings. The summed E-state index contributed by atoms with van der Waals surface area (Å²) in [7, 11) is 1.69. The predicted octanol–water partition coefficient (Wildman–Crippen LogP) is 0.805. The van der Waals surface area contributed by atoms with E-state index in [1.54, 1.807) is 7.11 Å². The lowest BCUT2D eigenvalue weighted by atomic mass is 10.0. The summed E-state index contributed by atoms with van der Waals surface area (Å²) in [5, 5.41) is 12.1. The van der Waals surface area contributed by atoms with Gasteiger partial charge in [0.05, 0.1) is 6.61 Å². The first-order valence-electron chi connectivity index (χ1n) is 5.94. The van der Waals surface area contributed by atoms with Gasteiger partial charge in [-0.05, 0) is 24.1 Å². The van der Waals surface area contributed by atoms with Crippen molar-refractivity contribution in [2.24, 2.45) is 5.73 Å². The van der Waals surface area contributed by atoms with Crippen LogP contribution in [0.1, 0.15) is 23.6 Å². The van der Waals surface area contributed by atoms with E-state index in [4.69, 9.17) is 15.6 Å². The number of aliphatic hydroxyl groups excluding tert-OH is 1. The van der Waals surface area contributed by atoms with E-state index in [0.717, 1.165) is 18.5 Å². The highest BCUT2D eigenvalue weighted by atomic mass is 16.5. The molecule has 4 heteroatoms. The average Bonchev–Trinajstić information content (AvgIpc) is 2.36. The lowest BCUT2D eigenvalue weighted by Gasteiger charge is -2.17. The molecule has 0 amide bonds. The van der Waals surface area contributed by atoms with Gasteiger partial charge in [-0.3, -0.25) is 0 Å². The molecule has 4 N–H and O–H groups in total. The molecule has 0 aliphatic carbocycles. The molecule has 96 valence electrons. The van der Waals surface area contributed by atoms with Crippen molar-refractivity contribution in [1.82, 2.24) is 5.32 Å². The fourth-order valence-electron chi connectivity index (χ4n) is 1.71. The number of rotatable bonds is 8. The molecule has 0 aliphatic heterocycles. The third-order valence-electron chi connectivity index (χ3n) is 2.65. The molecule has 0 heterocycles. The second-order valence-corrected chi connectivity index (χ2v) is 3.99. The van der Waals surface area contributed by atoms with Crippen molar-refractivity contribution in [3.63, 3.8) is 0 Å². The Balaban J connectivity index is 2.55. The van der Waals surface area contributed by atoms with Gasteiger partial charge in [0, 0.05) is 26.3 Å². The molecule has 1 unspecified atom stereocenters. The van der Waals surface area contributed by atoms with Gasteiger partial charge in [0.2, 0.25) is 0 Å². The second kappa shape index (κ2) is 8.20. The molecular formula is C13H22N2O2. The van der Waals surface area contributed by atoms with E-state index < -0.39 is 0 Å². The zero-order valence-electron chi connectivity index (χ0n) is 10.4. The molecular weight excluding hydrogens is 216 g/mol. The summed E-state index contributed by atoms with van der Waals surface area (Å²) in [6.07, 6.45) is 0.748. The average molecular weight is 238 g/mol. The van der Waals surface area contributed by atoms with Crippen molar-refractivity contribution in [2.75, 3.05) is 26.8 Å². The number of methoxy groups -OCH3 is 1. The molecule has 1 aromatic carbocycles. The minimum Gasteiger partial charge on any atom is -0.396 e. The monoisotopic (exact) mass is 238 g/mol. The van der Waals surface area contributed by atoms with Crippen LogP contribution in [0.15, 0.2) is 24.3 Å². The summed E-state index contributed by atoms with van der Waals surface area (Å²) in [6, 6.07) is 8.39. The molecule has 0 saturated carbocycles. The number of hydrogen-bond acceptors (Lipinski definition) is 4. The highest BCUT2D eigenvalue weighted by molar-refractivity contribution is 5.25. The minimum absolute atomic E-state index is 0.151. The van der Waals surface area contributed by atoms with Crippen LogP contribution in [-0.2, 0) is 11.3 Å². The van der Waals surface area contributed by atoms with Gasteiger partial charge in [0.15, 0.2) is 0 Å². The Hall–Kier alpha value is -0.940. The largest absolute Gasteiger partial charge is 0.396 e. The molecule has 1 rings (SSSR count). The molecule has 4 nitrogen and oxygen atoms in total. The smallest absolute Gasteiger partial charge is 0.0713 e. The summed E-state index contributed by atoms with van der Waals surface area (Å²) in [4.78, 5) is 0. The number of ether oxygens (including phenoxy) is 1. The van der Waals surface area contributed by atoms with Gasteiger partial charge in [0.25, 0.3) is 0 Å². The maximum absolute atomic E-state index is 8.73. The van der Waals surface area contributed by atoms with Gasteiger partial charge in [-0.25, -0.2) is 0 Å². The van der Waals surface area contributed by atoms with Crippen molar-refractivity contribution in [2.45, 2.75) is 19.1 Å². The van der Waals surface area contributed by atoms with Crippen LogP contribution in [0.4, 0.5) is 0 Å². The molecule has 1 aromatic rings. The first-order valence-corrected chi connectivity index (χ1v) is 5.94. The van der Waals surface area contributed by atoms with Gasteiger partial charge in [-0.2, -0.15) is 0 Å². The van der Waals surface area contributed by atoms with E-state index in [1.807, 2.05) is 0 Å². The van der Waals surface area contributed by atoms with E-state index >= 15 is 0 Å². The fraction of sp³-hybridized carbons (Fsp3) is 0.538. The minimum atomic E-state index is 0.151. The van der Waals surface area contributed by atoms with Gasteiger partial charge < -0.3 is 20.9 Å². The van der Waals surface area contributed by atoms with Gasteiger partial charge in [0.1, 0.15) is 0 Å². The van der Waals surface area contributed by atoms with E-state index in [2.05, 4.69) is 29.6 Å².